The molecule has 1 aromatic rings. The smallest absolute Gasteiger partial charge is 0.261 e. The summed E-state index contributed by atoms with van der Waals surface area (Å²) in [6.45, 7) is 1.63. The molecule has 1 rings (SSSR count). The lowest BCUT2D eigenvalue weighted by molar-refractivity contribution is -0.114. The number of rotatable bonds is 3. The second-order valence-corrected chi connectivity index (χ2v) is 4.02. The van der Waals surface area contributed by atoms with Gasteiger partial charge in [0, 0.05) is 15.9 Å². The van der Waals surface area contributed by atoms with Crippen LogP contribution in [-0.2, 0) is 4.79 Å². The Morgan fingerprint density at radius 3 is 2.44 bits per heavy atom. The van der Waals surface area contributed by atoms with Gasteiger partial charge in [-0.3, -0.25) is 4.79 Å². The molecule has 0 saturated carbocycles. The first-order chi connectivity index (χ1) is 7.54. The lowest BCUT2D eigenvalue weighted by atomic mass is 10.2. The molecule has 0 unspecified atom stereocenters. The zero-order valence-corrected chi connectivity index (χ0v) is 10.2. The molecule has 0 aliphatic heterocycles. The quantitative estimate of drug-likeness (QED) is 0.657. The third-order valence-electron chi connectivity index (χ3n) is 1.91. The van der Waals surface area contributed by atoms with Crippen LogP contribution in [0.4, 0.5) is 5.69 Å². The fourth-order valence-corrected chi connectivity index (χ4v) is 1.40. The molecule has 1 aromatic carbocycles. The lowest BCUT2D eigenvalue weighted by Gasteiger charge is -2.07. The number of hydrogen-bond acceptors (Lipinski definition) is 3. The summed E-state index contributed by atoms with van der Waals surface area (Å²) in [5, 5.41) is 11.7. The number of nitriles is 1. The van der Waals surface area contributed by atoms with Crippen molar-refractivity contribution in [1.29, 1.82) is 5.26 Å². The lowest BCUT2D eigenvalue weighted by Crippen LogP contribution is -2.16. The Morgan fingerprint density at radius 1 is 1.44 bits per heavy atom. The van der Waals surface area contributed by atoms with Crippen LogP contribution in [0.2, 0.25) is 0 Å². The summed E-state index contributed by atoms with van der Waals surface area (Å²) in [4.78, 5) is 10.9. The van der Waals surface area contributed by atoms with Crippen molar-refractivity contribution < 1.29 is 4.79 Å². The monoisotopic (exact) mass is 279 g/mol. The van der Waals surface area contributed by atoms with Crippen molar-refractivity contribution in [2.45, 2.75) is 6.92 Å². The molecule has 16 heavy (non-hydrogen) atoms. The molecule has 5 heteroatoms. The number of carbonyl (C=O) groups is 1. The van der Waals surface area contributed by atoms with Crippen LogP contribution in [0.25, 0.3) is 0 Å². The fourth-order valence-electron chi connectivity index (χ4n) is 1.14. The van der Waals surface area contributed by atoms with Crippen LogP contribution in [0.1, 0.15) is 6.92 Å². The number of hydrogen-bond donors (Lipinski definition) is 2. The number of primary amides is 1. The van der Waals surface area contributed by atoms with Gasteiger partial charge in [-0.25, -0.2) is 0 Å². The zero-order chi connectivity index (χ0) is 12.1. The van der Waals surface area contributed by atoms with Crippen LogP contribution < -0.4 is 11.1 Å². The Morgan fingerprint density at radius 2 is 2.00 bits per heavy atom. The first kappa shape index (κ1) is 12.3. The molecule has 0 fully saturated rings. The molecule has 4 nitrogen and oxygen atoms in total. The molecule has 0 aliphatic carbocycles. The highest BCUT2D eigenvalue weighted by atomic mass is 79.9. The Balaban J connectivity index is 2.93. The van der Waals surface area contributed by atoms with Gasteiger partial charge in [0.15, 0.2) is 0 Å². The predicted octanol–water partition coefficient (Wildman–Crippen LogP) is 2.14. The molecule has 0 heterocycles. The first-order valence-corrected chi connectivity index (χ1v) is 5.27. The van der Waals surface area contributed by atoms with Crippen molar-refractivity contribution >= 4 is 27.5 Å². The van der Waals surface area contributed by atoms with E-state index in [1.165, 1.54) is 0 Å². The van der Waals surface area contributed by atoms with Gasteiger partial charge in [-0.1, -0.05) is 15.9 Å². The molecule has 0 bridgehead atoms. The number of nitrogens with zero attached hydrogens (tertiary/aromatic N) is 1. The van der Waals surface area contributed by atoms with E-state index in [0.717, 1.165) is 10.2 Å². The third kappa shape index (κ3) is 3.11. The largest absolute Gasteiger partial charge is 0.365 e. The number of benzene rings is 1. The molecule has 0 atom stereocenters. The van der Waals surface area contributed by atoms with Gasteiger partial charge in [-0.2, -0.15) is 5.26 Å². The molecule has 3 N–H and O–H groups in total. The van der Waals surface area contributed by atoms with Crippen molar-refractivity contribution in [3.05, 3.63) is 40.0 Å². The molecule has 0 spiro atoms. The Labute approximate surface area is 102 Å². The highest BCUT2D eigenvalue weighted by Crippen LogP contribution is 2.16. The average molecular weight is 280 g/mol. The van der Waals surface area contributed by atoms with E-state index in [2.05, 4.69) is 21.2 Å². The van der Waals surface area contributed by atoms with E-state index in [-0.39, 0.29) is 5.57 Å². The number of amides is 1. The van der Waals surface area contributed by atoms with E-state index < -0.39 is 5.91 Å². The maximum atomic E-state index is 10.9. The van der Waals surface area contributed by atoms with Gasteiger partial charge in [-0.05, 0) is 31.2 Å². The van der Waals surface area contributed by atoms with Crippen LogP contribution in [0, 0.1) is 11.3 Å². The van der Waals surface area contributed by atoms with E-state index >= 15 is 0 Å². The SMILES string of the molecule is C/C(Nc1ccc(Br)cc1)=C(/C#N)C(N)=O. The molecule has 0 aliphatic rings. The minimum Gasteiger partial charge on any atom is -0.365 e. The highest BCUT2D eigenvalue weighted by Gasteiger charge is 2.08. The standard InChI is InChI=1S/C11H10BrN3O/c1-7(10(6-13)11(14)16)15-9-4-2-8(12)3-5-9/h2-5,15H,1H3,(H2,14,16)/b10-7+. The Kier molecular flexibility index (Phi) is 4.09. The van der Waals surface area contributed by atoms with Gasteiger partial charge in [0.2, 0.25) is 0 Å². The van der Waals surface area contributed by atoms with Crippen molar-refractivity contribution in [3.63, 3.8) is 0 Å². The Bertz CT molecular complexity index is 471. The van der Waals surface area contributed by atoms with E-state index in [1.807, 2.05) is 24.3 Å². The summed E-state index contributed by atoms with van der Waals surface area (Å²) in [6, 6.07) is 9.12. The topological polar surface area (TPSA) is 78.9 Å². The van der Waals surface area contributed by atoms with Gasteiger partial charge in [0.1, 0.15) is 11.6 Å². The van der Waals surface area contributed by atoms with Crippen LogP contribution in [-0.4, -0.2) is 5.91 Å². The average Bonchev–Trinajstić information content (AvgIpc) is 2.22. The molecular formula is C11H10BrN3O. The van der Waals surface area contributed by atoms with Crippen molar-refractivity contribution in [1.82, 2.24) is 0 Å². The van der Waals surface area contributed by atoms with Gasteiger partial charge in [-0.15, -0.1) is 0 Å². The maximum absolute atomic E-state index is 10.9. The van der Waals surface area contributed by atoms with Crippen LogP contribution in [0.3, 0.4) is 0 Å². The molecule has 82 valence electrons. The molecule has 1 amide bonds. The number of anilines is 1. The van der Waals surface area contributed by atoms with Gasteiger partial charge in [0.05, 0.1) is 0 Å². The molecule has 0 aromatic heterocycles. The van der Waals surface area contributed by atoms with Gasteiger partial charge < -0.3 is 11.1 Å². The summed E-state index contributed by atoms with van der Waals surface area (Å²) < 4.78 is 0.954. The number of nitrogens with one attached hydrogen (secondary N) is 1. The summed E-state index contributed by atoms with van der Waals surface area (Å²) >= 11 is 3.31. The number of carbonyl (C=O) groups excluding carboxylic acids is 1. The summed E-state index contributed by atoms with van der Waals surface area (Å²) in [6.07, 6.45) is 0. The van der Waals surface area contributed by atoms with E-state index in [0.29, 0.717) is 5.70 Å². The number of nitrogens with two attached hydrogens (primary N) is 1. The molecular weight excluding hydrogens is 270 g/mol. The summed E-state index contributed by atoms with van der Waals surface area (Å²) in [7, 11) is 0. The zero-order valence-electron chi connectivity index (χ0n) is 8.62. The van der Waals surface area contributed by atoms with E-state index in [9.17, 15) is 4.79 Å². The Hall–Kier alpha value is -1.80. The summed E-state index contributed by atoms with van der Waals surface area (Å²) in [5.74, 6) is -0.732. The van der Waals surface area contributed by atoms with E-state index in [4.69, 9.17) is 11.0 Å². The maximum Gasteiger partial charge on any atom is 0.261 e. The molecule has 0 radical (unpaired) electrons. The van der Waals surface area contributed by atoms with Gasteiger partial charge in [0.25, 0.3) is 5.91 Å². The van der Waals surface area contributed by atoms with Crippen molar-refractivity contribution in [3.8, 4) is 6.07 Å². The minimum atomic E-state index is -0.732. The van der Waals surface area contributed by atoms with E-state index in [1.54, 1.807) is 13.0 Å². The van der Waals surface area contributed by atoms with Crippen molar-refractivity contribution in [2.24, 2.45) is 5.73 Å². The van der Waals surface area contributed by atoms with Gasteiger partial charge >= 0.3 is 0 Å². The van der Waals surface area contributed by atoms with Crippen LogP contribution in [0.5, 0.6) is 0 Å². The second kappa shape index (κ2) is 5.33. The summed E-state index contributed by atoms with van der Waals surface area (Å²) in [5.41, 5.74) is 6.22. The second-order valence-electron chi connectivity index (χ2n) is 3.11. The van der Waals surface area contributed by atoms with Crippen LogP contribution >= 0.6 is 15.9 Å². The van der Waals surface area contributed by atoms with Crippen LogP contribution in [0.15, 0.2) is 40.0 Å². The van der Waals surface area contributed by atoms with Crippen molar-refractivity contribution in [2.75, 3.05) is 5.32 Å². The minimum absolute atomic E-state index is 0.0667. The third-order valence-corrected chi connectivity index (χ3v) is 2.44. The number of allylic oxidation sites excluding steroid dienone is 1. The highest BCUT2D eigenvalue weighted by molar-refractivity contribution is 9.10. The first-order valence-electron chi connectivity index (χ1n) is 4.48. The molecule has 0 saturated heterocycles. The normalized spacial score (nSPS) is 11.3. The predicted molar refractivity (Wildman–Crippen MR) is 65.3 cm³/mol. The number of halogens is 1. The fraction of sp³-hybridized carbons (Fsp3) is 0.0909.